The summed E-state index contributed by atoms with van der Waals surface area (Å²) < 4.78 is 4.83. The fourth-order valence-electron chi connectivity index (χ4n) is 2.27. The minimum atomic E-state index is -0.177. The van der Waals surface area contributed by atoms with Crippen molar-refractivity contribution in [1.29, 1.82) is 0 Å². The predicted octanol–water partition coefficient (Wildman–Crippen LogP) is 0.720. The first-order chi connectivity index (χ1) is 8.09. The number of nitrogens with two attached hydrogens (primary N) is 1. The van der Waals surface area contributed by atoms with Gasteiger partial charge in [0.25, 0.3) is 11.7 Å². The normalized spacial score (nSPS) is 22.5. The number of nitrogens with zero attached hydrogens (tertiary/aromatic N) is 3. The summed E-state index contributed by atoms with van der Waals surface area (Å²) in [5.41, 5.74) is 5.92. The molecule has 0 aromatic carbocycles. The van der Waals surface area contributed by atoms with Crippen molar-refractivity contribution in [3.05, 3.63) is 11.7 Å². The van der Waals surface area contributed by atoms with Crippen LogP contribution in [0.15, 0.2) is 4.52 Å². The van der Waals surface area contributed by atoms with E-state index >= 15 is 0 Å². The number of hydrogen-bond acceptors (Lipinski definition) is 5. The van der Waals surface area contributed by atoms with Gasteiger partial charge >= 0.3 is 0 Å². The molecule has 6 nitrogen and oxygen atoms in total. The molecular weight excluding hydrogens is 220 g/mol. The average Bonchev–Trinajstić information content (AvgIpc) is 2.75. The molecule has 2 atom stereocenters. The zero-order chi connectivity index (χ0) is 12.4. The van der Waals surface area contributed by atoms with Gasteiger partial charge in [0.1, 0.15) is 0 Å². The van der Waals surface area contributed by atoms with Crippen LogP contribution in [0.2, 0.25) is 0 Å². The zero-order valence-corrected chi connectivity index (χ0v) is 10.2. The van der Waals surface area contributed by atoms with Gasteiger partial charge in [-0.15, -0.1) is 0 Å². The highest BCUT2D eigenvalue weighted by molar-refractivity contribution is 5.90. The second-order valence-electron chi connectivity index (χ2n) is 4.56. The smallest absolute Gasteiger partial charge is 0.295 e. The molecule has 17 heavy (non-hydrogen) atoms. The molecule has 2 heterocycles. The van der Waals surface area contributed by atoms with E-state index in [1.54, 1.807) is 11.8 Å². The van der Waals surface area contributed by atoms with Crippen LogP contribution in [0.5, 0.6) is 0 Å². The molecule has 0 bridgehead atoms. The number of piperidine rings is 1. The van der Waals surface area contributed by atoms with E-state index in [4.69, 9.17) is 10.3 Å². The van der Waals surface area contributed by atoms with Gasteiger partial charge in [-0.3, -0.25) is 4.79 Å². The quantitative estimate of drug-likeness (QED) is 0.820. The van der Waals surface area contributed by atoms with E-state index in [1.807, 2.05) is 6.92 Å². The number of hydrogen-bond donors (Lipinski definition) is 1. The topological polar surface area (TPSA) is 85.2 Å². The van der Waals surface area contributed by atoms with Crippen molar-refractivity contribution < 1.29 is 9.32 Å². The second kappa shape index (κ2) is 4.83. The van der Waals surface area contributed by atoms with Crippen molar-refractivity contribution in [2.45, 2.75) is 45.2 Å². The summed E-state index contributed by atoms with van der Waals surface area (Å²) in [6.07, 6.45) is 3.06. The van der Waals surface area contributed by atoms with Crippen molar-refractivity contribution in [3.63, 3.8) is 0 Å². The summed E-state index contributed by atoms with van der Waals surface area (Å²) in [6.45, 7) is 4.32. The van der Waals surface area contributed by atoms with Gasteiger partial charge in [-0.2, -0.15) is 4.98 Å². The molecule has 1 amide bonds. The molecule has 94 valence electrons. The Morgan fingerprint density at radius 3 is 2.94 bits per heavy atom. The lowest BCUT2D eigenvalue weighted by atomic mass is 9.97. The van der Waals surface area contributed by atoms with Crippen molar-refractivity contribution in [2.24, 2.45) is 5.73 Å². The molecule has 2 N–H and O–H groups in total. The Morgan fingerprint density at radius 2 is 2.35 bits per heavy atom. The third kappa shape index (κ3) is 2.46. The van der Waals surface area contributed by atoms with Crippen LogP contribution < -0.4 is 5.73 Å². The van der Waals surface area contributed by atoms with Crippen LogP contribution in [-0.2, 0) is 0 Å². The highest BCUT2D eigenvalue weighted by Crippen LogP contribution is 2.20. The fraction of sp³-hybridized carbons (Fsp3) is 0.727. The Balaban J connectivity index is 2.16. The molecule has 0 aliphatic carbocycles. The van der Waals surface area contributed by atoms with Crippen LogP contribution in [0.4, 0.5) is 0 Å². The number of aryl methyl sites for hydroxylation is 1. The first-order valence-electron chi connectivity index (χ1n) is 5.96. The van der Waals surface area contributed by atoms with Crippen molar-refractivity contribution in [1.82, 2.24) is 15.0 Å². The molecule has 2 unspecified atom stereocenters. The van der Waals surface area contributed by atoms with E-state index in [1.165, 1.54) is 0 Å². The van der Waals surface area contributed by atoms with Gasteiger partial charge in [0, 0.05) is 25.6 Å². The van der Waals surface area contributed by atoms with Gasteiger partial charge in [0.2, 0.25) is 5.89 Å². The number of aromatic nitrogens is 2. The van der Waals surface area contributed by atoms with Crippen LogP contribution in [0.1, 0.15) is 42.7 Å². The van der Waals surface area contributed by atoms with Crippen LogP contribution in [0.25, 0.3) is 0 Å². The van der Waals surface area contributed by atoms with Gasteiger partial charge in [0.15, 0.2) is 0 Å². The molecule has 1 aromatic heterocycles. The second-order valence-corrected chi connectivity index (χ2v) is 4.56. The molecule has 6 heteroatoms. The van der Waals surface area contributed by atoms with E-state index < -0.39 is 0 Å². The van der Waals surface area contributed by atoms with Gasteiger partial charge in [-0.05, 0) is 26.2 Å². The molecule has 1 aliphatic heterocycles. The molecule has 1 saturated heterocycles. The Hall–Kier alpha value is -1.43. The Kier molecular flexibility index (Phi) is 3.42. The van der Waals surface area contributed by atoms with Crippen LogP contribution in [-0.4, -0.2) is 39.6 Å². The summed E-state index contributed by atoms with van der Waals surface area (Å²) >= 11 is 0. The molecule has 0 radical (unpaired) electrons. The SMILES string of the molecule is Cc1nc(C(=O)N2CCCCC2C(C)N)no1. The Morgan fingerprint density at radius 1 is 1.59 bits per heavy atom. The van der Waals surface area contributed by atoms with E-state index in [2.05, 4.69) is 10.1 Å². The van der Waals surface area contributed by atoms with Gasteiger partial charge in [0.05, 0.1) is 0 Å². The van der Waals surface area contributed by atoms with Crippen molar-refractivity contribution in [3.8, 4) is 0 Å². The molecule has 2 rings (SSSR count). The maximum absolute atomic E-state index is 12.2. The van der Waals surface area contributed by atoms with Gasteiger partial charge in [-0.25, -0.2) is 0 Å². The van der Waals surface area contributed by atoms with E-state index in [0.717, 1.165) is 25.8 Å². The lowest BCUT2D eigenvalue weighted by Crippen LogP contribution is -2.51. The maximum atomic E-state index is 12.2. The Labute approximate surface area is 100 Å². The van der Waals surface area contributed by atoms with E-state index in [-0.39, 0.29) is 23.8 Å². The third-order valence-electron chi connectivity index (χ3n) is 3.14. The van der Waals surface area contributed by atoms with E-state index in [9.17, 15) is 4.79 Å². The number of carbonyl (C=O) groups is 1. The molecule has 1 aromatic rings. The first kappa shape index (κ1) is 12.0. The largest absolute Gasteiger partial charge is 0.339 e. The first-order valence-corrected chi connectivity index (χ1v) is 5.96. The molecule has 1 fully saturated rings. The standard InChI is InChI=1S/C11H18N4O2/c1-7(12)9-5-3-4-6-15(9)11(16)10-13-8(2)17-14-10/h7,9H,3-6,12H2,1-2H3. The van der Waals surface area contributed by atoms with Crippen molar-refractivity contribution >= 4 is 5.91 Å². The molecule has 0 saturated carbocycles. The number of likely N-dealkylation sites (tertiary alicyclic amines) is 1. The van der Waals surface area contributed by atoms with Crippen LogP contribution >= 0.6 is 0 Å². The number of amides is 1. The fourth-order valence-corrected chi connectivity index (χ4v) is 2.27. The summed E-state index contributed by atoms with van der Waals surface area (Å²) in [4.78, 5) is 18.0. The summed E-state index contributed by atoms with van der Waals surface area (Å²) in [5, 5.41) is 3.67. The zero-order valence-electron chi connectivity index (χ0n) is 10.2. The highest BCUT2D eigenvalue weighted by atomic mass is 16.5. The summed E-state index contributed by atoms with van der Waals surface area (Å²) in [5.74, 6) is 0.363. The van der Waals surface area contributed by atoms with Gasteiger partial charge < -0.3 is 15.2 Å². The van der Waals surface area contributed by atoms with Gasteiger partial charge in [-0.1, -0.05) is 5.16 Å². The third-order valence-corrected chi connectivity index (χ3v) is 3.14. The van der Waals surface area contributed by atoms with Crippen LogP contribution in [0, 0.1) is 6.92 Å². The summed E-state index contributed by atoms with van der Waals surface area (Å²) in [6, 6.07) is 0.0438. The maximum Gasteiger partial charge on any atom is 0.295 e. The Bertz CT molecular complexity index is 402. The highest BCUT2D eigenvalue weighted by Gasteiger charge is 2.31. The monoisotopic (exact) mass is 238 g/mol. The lowest BCUT2D eigenvalue weighted by molar-refractivity contribution is 0.0568. The van der Waals surface area contributed by atoms with E-state index in [0.29, 0.717) is 5.89 Å². The number of carbonyl (C=O) groups excluding carboxylic acids is 1. The lowest BCUT2D eigenvalue weighted by Gasteiger charge is -2.37. The predicted molar refractivity (Wildman–Crippen MR) is 61.4 cm³/mol. The summed E-state index contributed by atoms with van der Waals surface area (Å²) in [7, 11) is 0. The number of rotatable bonds is 2. The minimum Gasteiger partial charge on any atom is -0.339 e. The molecule has 1 aliphatic rings. The average molecular weight is 238 g/mol. The van der Waals surface area contributed by atoms with Crippen molar-refractivity contribution in [2.75, 3.05) is 6.54 Å². The minimum absolute atomic E-state index is 0.0350. The van der Waals surface area contributed by atoms with Crippen LogP contribution in [0.3, 0.4) is 0 Å². The molecular formula is C11H18N4O2. The molecule has 0 spiro atoms.